The van der Waals surface area contributed by atoms with Crippen LogP contribution < -0.4 is 0 Å². The number of rotatable bonds is 4. The van der Waals surface area contributed by atoms with Crippen molar-refractivity contribution in [2.45, 2.75) is 50.7 Å². The molecule has 1 aliphatic rings. The average Bonchev–Trinajstić information content (AvgIpc) is 2.28. The van der Waals surface area contributed by atoms with Crippen LogP contribution in [0.4, 0.5) is 0 Å². The Morgan fingerprint density at radius 3 is 2.47 bits per heavy atom. The third kappa shape index (κ3) is 3.53. The van der Waals surface area contributed by atoms with E-state index in [1.54, 1.807) is 13.8 Å². The van der Waals surface area contributed by atoms with Gasteiger partial charge in [-0.3, -0.25) is 0 Å². The van der Waals surface area contributed by atoms with Crippen molar-refractivity contribution in [3.8, 4) is 0 Å². The standard InChI is InChI=1S/C9H17N3O5/c1-4(2)16-9-8(15)7(14)6(13)5(17-9)3-11-12-10/h4-9,13-15H,3H2,1-2H3/t5?,6-,7+,8?,9+/m0/s1. The monoisotopic (exact) mass is 247 g/mol. The van der Waals surface area contributed by atoms with E-state index in [0.717, 1.165) is 0 Å². The fourth-order valence-electron chi connectivity index (χ4n) is 1.57. The van der Waals surface area contributed by atoms with Crippen LogP contribution in [0.25, 0.3) is 10.4 Å². The normalized spacial score (nSPS) is 37.9. The number of hydrogen-bond donors (Lipinski definition) is 3. The van der Waals surface area contributed by atoms with Gasteiger partial charge in [-0.1, -0.05) is 5.11 Å². The Balaban J connectivity index is 2.71. The van der Waals surface area contributed by atoms with Crippen molar-refractivity contribution in [2.75, 3.05) is 6.54 Å². The molecule has 0 aliphatic carbocycles. The van der Waals surface area contributed by atoms with Gasteiger partial charge in [0.05, 0.1) is 18.8 Å². The minimum atomic E-state index is -1.40. The minimum Gasteiger partial charge on any atom is -0.388 e. The van der Waals surface area contributed by atoms with Crippen molar-refractivity contribution in [1.82, 2.24) is 0 Å². The van der Waals surface area contributed by atoms with Crippen LogP contribution in [0.5, 0.6) is 0 Å². The van der Waals surface area contributed by atoms with E-state index in [2.05, 4.69) is 10.0 Å². The van der Waals surface area contributed by atoms with Gasteiger partial charge in [0.2, 0.25) is 0 Å². The number of aliphatic hydroxyl groups excluding tert-OH is 3. The highest BCUT2D eigenvalue weighted by molar-refractivity contribution is 4.90. The molecule has 8 heteroatoms. The van der Waals surface area contributed by atoms with Crippen molar-refractivity contribution in [3.63, 3.8) is 0 Å². The summed E-state index contributed by atoms with van der Waals surface area (Å²) >= 11 is 0. The van der Waals surface area contributed by atoms with E-state index < -0.39 is 30.7 Å². The van der Waals surface area contributed by atoms with E-state index in [1.165, 1.54) is 0 Å². The second kappa shape index (κ2) is 6.15. The number of azide groups is 1. The van der Waals surface area contributed by atoms with Gasteiger partial charge in [0.25, 0.3) is 0 Å². The lowest BCUT2D eigenvalue weighted by Crippen LogP contribution is -2.59. The third-order valence-corrected chi connectivity index (χ3v) is 2.40. The second-order valence-corrected chi connectivity index (χ2v) is 4.11. The first-order chi connectivity index (χ1) is 7.97. The molecule has 17 heavy (non-hydrogen) atoms. The smallest absolute Gasteiger partial charge is 0.186 e. The lowest BCUT2D eigenvalue weighted by Gasteiger charge is -2.40. The van der Waals surface area contributed by atoms with Crippen LogP contribution in [0.1, 0.15) is 13.8 Å². The van der Waals surface area contributed by atoms with Crippen LogP contribution >= 0.6 is 0 Å². The topological polar surface area (TPSA) is 128 Å². The summed E-state index contributed by atoms with van der Waals surface area (Å²) in [4.78, 5) is 2.54. The van der Waals surface area contributed by atoms with Crippen LogP contribution in [0, 0.1) is 0 Å². The molecule has 0 aromatic rings. The summed E-state index contributed by atoms with van der Waals surface area (Å²) in [5.74, 6) is 0. The zero-order valence-corrected chi connectivity index (χ0v) is 9.67. The van der Waals surface area contributed by atoms with E-state index in [1.807, 2.05) is 0 Å². The molecular weight excluding hydrogens is 230 g/mol. The van der Waals surface area contributed by atoms with Crippen LogP contribution in [-0.4, -0.2) is 58.7 Å². The molecule has 0 bridgehead atoms. The summed E-state index contributed by atoms with van der Waals surface area (Å²) in [7, 11) is 0. The minimum absolute atomic E-state index is 0.139. The van der Waals surface area contributed by atoms with Crippen LogP contribution in [0.2, 0.25) is 0 Å². The fraction of sp³-hybridized carbons (Fsp3) is 1.00. The number of hydrogen-bond acceptors (Lipinski definition) is 6. The number of ether oxygens (including phenoxy) is 2. The molecule has 1 heterocycles. The average molecular weight is 247 g/mol. The Morgan fingerprint density at radius 1 is 1.29 bits per heavy atom. The molecule has 0 spiro atoms. The Kier molecular flexibility index (Phi) is 5.13. The van der Waals surface area contributed by atoms with Gasteiger partial charge in [0, 0.05) is 4.91 Å². The Morgan fingerprint density at radius 2 is 1.94 bits per heavy atom. The molecule has 1 saturated heterocycles. The molecule has 3 N–H and O–H groups in total. The molecule has 1 fully saturated rings. The fourth-order valence-corrected chi connectivity index (χ4v) is 1.57. The molecule has 8 nitrogen and oxygen atoms in total. The summed E-state index contributed by atoms with van der Waals surface area (Å²) in [5, 5.41) is 32.1. The van der Waals surface area contributed by atoms with Gasteiger partial charge >= 0.3 is 0 Å². The Hall–Kier alpha value is -0.890. The van der Waals surface area contributed by atoms with Gasteiger partial charge in [-0.25, -0.2) is 0 Å². The molecule has 1 aliphatic heterocycles. The maximum Gasteiger partial charge on any atom is 0.186 e. The van der Waals surface area contributed by atoms with E-state index in [9.17, 15) is 15.3 Å². The molecule has 98 valence electrons. The quantitative estimate of drug-likeness (QED) is 0.351. The van der Waals surface area contributed by atoms with Crippen LogP contribution in [0.3, 0.4) is 0 Å². The predicted octanol–water partition coefficient (Wildman–Crippen LogP) is -0.471. The van der Waals surface area contributed by atoms with E-state index in [0.29, 0.717) is 0 Å². The summed E-state index contributed by atoms with van der Waals surface area (Å²) in [5.41, 5.74) is 8.19. The highest BCUT2D eigenvalue weighted by atomic mass is 16.7. The lowest BCUT2D eigenvalue weighted by molar-refractivity contribution is -0.302. The van der Waals surface area contributed by atoms with Gasteiger partial charge in [0.1, 0.15) is 18.3 Å². The maximum absolute atomic E-state index is 9.64. The van der Waals surface area contributed by atoms with Gasteiger partial charge in [0.15, 0.2) is 6.29 Å². The molecule has 0 aromatic carbocycles. The molecule has 2 unspecified atom stereocenters. The zero-order valence-electron chi connectivity index (χ0n) is 9.67. The second-order valence-electron chi connectivity index (χ2n) is 4.11. The highest BCUT2D eigenvalue weighted by Gasteiger charge is 2.44. The predicted molar refractivity (Wildman–Crippen MR) is 56.9 cm³/mol. The molecular formula is C9H17N3O5. The maximum atomic E-state index is 9.64. The third-order valence-electron chi connectivity index (χ3n) is 2.40. The largest absolute Gasteiger partial charge is 0.388 e. The molecule has 0 aromatic heterocycles. The van der Waals surface area contributed by atoms with Gasteiger partial charge in [-0.05, 0) is 19.4 Å². The first kappa shape index (κ1) is 14.2. The van der Waals surface area contributed by atoms with Crippen molar-refractivity contribution in [1.29, 1.82) is 0 Å². The van der Waals surface area contributed by atoms with E-state index in [4.69, 9.17) is 15.0 Å². The van der Waals surface area contributed by atoms with Gasteiger partial charge < -0.3 is 24.8 Å². The van der Waals surface area contributed by atoms with Gasteiger partial charge in [-0.2, -0.15) is 0 Å². The van der Waals surface area contributed by atoms with Crippen LogP contribution in [-0.2, 0) is 9.47 Å². The van der Waals surface area contributed by atoms with E-state index in [-0.39, 0.29) is 12.6 Å². The SMILES string of the molecule is CC(C)O[C@@H]1OC(CN=[N+]=[N-])[C@H](O)[C@@H](O)C1O. The number of aliphatic hydroxyl groups is 3. The molecule has 1 rings (SSSR count). The highest BCUT2D eigenvalue weighted by Crippen LogP contribution is 2.23. The van der Waals surface area contributed by atoms with Crippen molar-refractivity contribution in [3.05, 3.63) is 10.4 Å². The Bertz CT molecular complexity index is 294. The first-order valence-electron chi connectivity index (χ1n) is 5.33. The summed E-state index contributed by atoms with van der Waals surface area (Å²) in [6, 6.07) is 0. The zero-order chi connectivity index (χ0) is 13.0. The lowest BCUT2D eigenvalue weighted by atomic mass is 9.99. The summed E-state index contributed by atoms with van der Waals surface area (Å²) in [6.45, 7) is 3.35. The number of nitrogens with zero attached hydrogens (tertiary/aromatic N) is 3. The van der Waals surface area contributed by atoms with Crippen molar-refractivity contribution in [2.24, 2.45) is 5.11 Å². The molecule has 0 amide bonds. The van der Waals surface area contributed by atoms with Gasteiger partial charge in [-0.15, -0.1) is 0 Å². The van der Waals surface area contributed by atoms with Crippen molar-refractivity contribution >= 4 is 0 Å². The van der Waals surface area contributed by atoms with Crippen molar-refractivity contribution < 1.29 is 24.8 Å². The Labute approximate surface area is 98.4 Å². The molecule has 5 atom stereocenters. The van der Waals surface area contributed by atoms with E-state index >= 15 is 0 Å². The summed E-state index contributed by atoms with van der Waals surface area (Å²) in [6.07, 6.45) is -6.21. The summed E-state index contributed by atoms with van der Waals surface area (Å²) < 4.78 is 10.5. The molecule has 0 radical (unpaired) electrons. The molecule has 0 saturated carbocycles. The first-order valence-corrected chi connectivity index (χ1v) is 5.33. The van der Waals surface area contributed by atoms with Crippen LogP contribution in [0.15, 0.2) is 5.11 Å².